The maximum Gasteiger partial charge on any atom is 3.00 e. The molecule has 0 aromatic heterocycles. The van der Waals surface area contributed by atoms with Gasteiger partial charge in [0.1, 0.15) is 0 Å². The molecule has 0 aromatic rings. The molecule has 0 saturated heterocycles. The third-order valence-corrected chi connectivity index (χ3v) is 0. The van der Waals surface area contributed by atoms with Gasteiger partial charge in [-0.1, -0.05) is 0 Å². The third-order valence-electron chi connectivity index (χ3n) is 0. The van der Waals surface area contributed by atoms with E-state index in [4.69, 9.17) is 14.4 Å². The molecule has 6 heavy (non-hydrogen) atoms. The molecule has 0 aliphatic heterocycles. The first kappa shape index (κ1) is 10.1. The van der Waals surface area contributed by atoms with Crippen molar-refractivity contribution in [3.05, 3.63) is 0 Å². The van der Waals surface area contributed by atoms with E-state index in [1.54, 1.807) is 0 Å². The first-order chi connectivity index (χ1) is 2.00. The minimum Gasteiger partial charge on any atom is -0.870 e. The molecule has 0 aromatic carbocycles. The van der Waals surface area contributed by atoms with Gasteiger partial charge < -0.3 is 14.4 Å². The molecule has 0 aliphatic rings. The Bertz CT molecular complexity index is 26.3. The van der Waals surface area contributed by atoms with E-state index in [1.807, 2.05) is 0 Å². The first-order valence-corrected chi connectivity index (χ1v) is 3.54. The Kier molecular flexibility index (Phi) is 5.28. The van der Waals surface area contributed by atoms with Crippen LogP contribution < -0.4 is 14.4 Å². The van der Waals surface area contributed by atoms with Crippen LogP contribution in [0.1, 0.15) is 0 Å². The van der Waals surface area contributed by atoms with E-state index in [9.17, 15) is 0 Å². The topological polar surface area (TPSA) is 69.2 Å². The van der Waals surface area contributed by atoms with Crippen LogP contribution in [-0.4, -0.2) is 8.11 Å². The van der Waals surface area contributed by atoms with E-state index < -0.39 is 8.11 Å². The molecule has 0 fully saturated rings. The van der Waals surface area contributed by atoms with Crippen LogP contribution in [0, 0.1) is 0 Å². The van der Waals surface area contributed by atoms with Crippen molar-refractivity contribution in [2.45, 2.75) is 0 Å². The molecule has 0 bridgehead atoms. The predicted molar refractivity (Wildman–Crippen MR) is 11.6 cm³/mol. The zero-order valence-corrected chi connectivity index (χ0v) is 6.45. The number of hydrogen-bond donors (Lipinski definition) is 0. The Morgan fingerprint density at radius 3 is 1.17 bits per heavy atom. The summed E-state index contributed by atoms with van der Waals surface area (Å²) in [6.07, 6.45) is 0. The van der Waals surface area contributed by atoms with Gasteiger partial charge in [-0.25, -0.2) is 11.1 Å². The van der Waals surface area contributed by atoms with Crippen LogP contribution in [0.3, 0.4) is 0 Å². The van der Waals surface area contributed by atoms with Crippen LogP contribution in [0.2, 0.25) is 0 Å². The smallest absolute Gasteiger partial charge is 0.870 e. The maximum absolute atomic E-state index is 8.90. The SMILES string of the molecule is [O-][Si]([O-])([O-])Cl.[Pt+3]. The molecule has 0 heterocycles. The van der Waals surface area contributed by atoms with Crippen LogP contribution >= 0.6 is 11.1 Å². The molecule has 6 heteroatoms. The monoisotopic (exact) mass is 306 g/mol. The first-order valence-electron chi connectivity index (χ1n) is 0.801. The molecule has 0 saturated carbocycles. The number of rotatable bonds is 0. The molecule has 39 valence electrons. The van der Waals surface area contributed by atoms with Crippen LogP contribution in [0.15, 0.2) is 0 Å². The van der Waals surface area contributed by atoms with Crippen molar-refractivity contribution in [2.75, 3.05) is 0 Å². The van der Waals surface area contributed by atoms with Crippen molar-refractivity contribution < 1.29 is 35.5 Å². The molecule has 0 N–H and O–H groups in total. The van der Waals surface area contributed by atoms with Gasteiger partial charge in [0.05, 0.1) is 0 Å². The summed E-state index contributed by atoms with van der Waals surface area (Å²) in [5.74, 6) is 0. The summed E-state index contributed by atoms with van der Waals surface area (Å²) in [7, 11) is -4.89. The summed E-state index contributed by atoms with van der Waals surface area (Å²) < 4.78 is 0. The van der Waals surface area contributed by atoms with E-state index in [2.05, 4.69) is 11.1 Å². The van der Waals surface area contributed by atoms with Gasteiger partial charge in [0, 0.05) is 0 Å². The normalized spacial score (nSPS) is 10.0. The summed E-state index contributed by atoms with van der Waals surface area (Å²) in [5, 5.41) is 0. The van der Waals surface area contributed by atoms with E-state index in [1.165, 1.54) is 0 Å². The fourth-order valence-corrected chi connectivity index (χ4v) is 0. The summed E-state index contributed by atoms with van der Waals surface area (Å²) >= 11 is 4.00. The van der Waals surface area contributed by atoms with Gasteiger partial charge in [-0.05, 0) is 0 Å². The number of hydrogen-bond acceptors (Lipinski definition) is 3. The summed E-state index contributed by atoms with van der Waals surface area (Å²) in [5.41, 5.74) is 0. The maximum atomic E-state index is 8.90. The van der Waals surface area contributed by atoms with Gasteiger partial charge in [-0.2, -0.15) is 8.11 Å². The van der Waals surface area contributed by atoms with Crippen molar-refractivity contribution in [3.8, 4) is 0 Å². The predicted octanol–water partition coefficient (Wildman–Crippen LogP) is -3.26. The third kappa shape index (κ3) is 72.9. The summed E-state index contributed by atoms with van der Waals surface area (Å²) in [6, 6.07) is 0. The summed E-state index contributed by atoms with van der Waals surface area (Å²) in [4.78, 5) is 26.7. The van der Waals surface area contributed by atoms with Crippen molar-refractivity contribution in [2.24, 2.45) is 0 Å². The summed E-state index contributed by atoms with van der Waals surface area (Å²) in [6.45, 7) is 0. The largest absolute Gasteiger partial charge is 3.00 e. The zero-order valence-electron chi connectivity index (χ0n) is 2.42. The van der Waals surface area contributed by atoms with Crippen LogP contribution in [-0.2, 0) is 21.1 Å². The van der Waals surface area contributed by atoms with E-state index >= 15 is 0 Å². The van der Waals surface area contributed by atoms with Gasteiger partial charge in [-0.15, -0.1) is 0 Å². The molecule has 0 unspecified atom stereocenters. The Hall–Kier alpha value is 1.08. The minimum atomic E-state index is -4.89. The Labute approximate surface area is 54.9 Å². The Balaban J connectivity index is 0. The molecule has 0 aliphatic carbocycles. The molecule has 0 amide bonds. The molecule has 3 nitrogen and oxygen atoms in total. The second-order valence-electron chi connectivity index (χ2n) is 0.481. The van der Waals surface area contributed by atoms with Crippen molar-refractivity contribution in [1.82, 2.24) is 0 Å². The van der Waals surface area contributed by atoms with Crippen molar-refractivity contribution in [3.63, 3.8) is 0 Å². The van der Waals surface area contributed by atoms with Gasteiger partial charge in [0.25, 0.3) is 0 Å². The van der Waals surface area contributed by atoms with Crippen LogP contribution in [0.25, 0.3) is 0 Å². The average Bonchev–Trinajstić information content (AvgIpc) is 0.722. The van der Waals surface area contributed by atoms with Crippen LogP contribution in [0.4, 0.5) is 0 Å². The van der Waals surface area contributed by atoms with E-state index in [0.29, 0.717) is 0 Å². The van der Waals surface area contributed by atoms with Crippen LogP contribution in [0.5, 0.6) is 0 Å². The van der Waals surface area contributed by atoms with Gasteiger partial charge >= 0.3 is 21.1 Å². The minimum absolute atomic E-state index is 0. The quantitative estimate of drug-likeness (QED) is 0.348. The second-order valence-corrected chi connectivity index (χ2v) is 2.83. The van der Waals surface area contributed by atoms with Gasteiger partial charge in [-0.3, -0.25) is 0 Å². The van der Waals surface area contributed by atoms with E-state index in [-0.39, 0.29) is 21.1 Å². The van der Waals surface area contributed by atoms with Gasteiger partial charge in [0.2, 0.25) is 0 Å². The Morgan fingerprint density at radius 2 is 1.17 bits per heavy atom. The molecule has 1 radical (unpaired) electrons. The molecule has 0 rings (SSSR count). The van der Waals surface area contributed by atoms with Crippen molar-refractivity contribution in [1.29, 1.82) is 0 Å². The molecule has 0 spiro atoms. The van der Waals surface area contributed by atoms with Gasteiger partial charge in [0.15, 0.2) is 0 Å². The molecular formula is ClO3PtSi. The molecular weight excluding hydrogens is 307 g/mol. The number of halogens is 1. The fraction of sp³-hybridized carbons (Fsp3) is 0. The standard InChI is InChI=1S/ClO3Si.Pt/c1-5(2,3)4;/q-3;+3. The van der Waals surface area contributed by atoms with Crippen molar-refractivity contribution >= 4 is 19.2 Å². The molecule has 0 atom stereocenters. The second kappa shape index (κ2) is 3.13. The van der Waals surface area contributed by atoms with E-state index in [0.717, 1.165) is 0 Å². The zero-order chi connectivity index (χ0) is 4.50. The Morgan fingerprint density at radius 1 is 1.17 bits per heavy atom. The fourth-order valence-electron chi connectivity index (χ4n) is 0. The average molecular weight is 307 g/mol.